The first-order chi connectivity index (χ1) is 25.4. The number of aliphatic carboxylic acids is 1. The van der Waals surface area contributed by atoms with Crippen LogP contribution in [0.2, 0.25) is 0 Å². The van der Waals surface area contributed by atoms with Crippen LogP contribution in [0.4, 0.5) is 23.7 Å². The normalized spacial score (nSPS) is 14.2. The van der Waals surface area contributed by atoms with Gasteiger partial charge in [0, 0.05) is 48.0 Å². The Bertz CT molecular complexity index is 2010. The zero-order valence-corrected chi connectivity index (χ0v) is 30.2. The number of anilines is 1. The Labute approximate surface area is 309 Å². The summed E-state index contributed by atoms with van der Waals surface area (Å²) in [6, 6.07) is 22.2. The summed E-state index contributed by atoms with van der Waals surface area (Å²) < 4.78 is 77.4. The number of nitrogens with zero attached hydrogens (tertiary/aromatic N) is 2. The zero-order chi connectivity index (χ0) is 39.5. The summed E-state index contributed by atoms with van der Waals surface area (Å²) in [6.07, 6.45) is -4.05. The molecule has 1 aliphatic heterocycles. The van der Waals surface area contributed by atoms with E-state index in [-0.39, 0.29) is 42.6 Å². The van der Waals surface area contributed by atoms with Crippen LogP contribution in [0.15, 0.2) is 90.0 Å². The third-order valence-corrected chi connectivity index (χ3v) is 9.58. The predicted octanol–water partition coefficient (Wildman–Crippen LogP) is 4.94. The van der Waals surface area contributed by atoms with Crippen LogP contribution in [0.25, 0.3) is 10.9 Å². The Morgan fingerprint density at radius 1 is 1.00 bits per heavy atom. The third kappa shape index (κ3) is 12.5. The molecular weight excluding hydrogens is 737 g/mol. The highest BCUT2D eigenvalue weighted by Crippen LogP contribution is 2.25. The molecule has 14 nitrogen and oxygen atoms in total. The molecule has 0 bridgehead atoms. The van der Waals surface area contributed by atoms with E-state index in [4.69, 9.17) is 24.1 Å². The predicted molar refractivity (Wildman–Crippen MR) is 190 cm³/mol. The van der Waals surface area contributed by atoms with Gasteiger partial charge < -0.3 is 39.2 Å². The van der Waals surface area contributed by atoms with Gasteiger partial charge in [-0.25, -0.2) is 18.0 Å². The van der Waals surface area contributed by atoms with Gasteiger partial charge in [0.2, 0.25) is 5.91 Å². The lowest BCUT2D eigenvalue weighted by Gasteiger charge is -2.28. The van der Waals surface area contributed by atoms with Crippen molar-refractivity contribution in [3.05, 3.63) is 90.6 Å². The summed E-state index contributed by atoms with van der Waals surface area (Å²) in [5.41, 5.74) is 1.60. The van der Waals surface area contributed by atoms with Gasteiger partial charge >= 0.3 is 18.3 Å². The van der Waals surface area contributed by atoms with Crippen molar-refractivity contribution in [2.24, 2.45) is 0 Å². The number of morpholine rings is 1. The number of benzene rings is 3. The lowest BCUT2D eigenvalue weighted by Crippen LogP contribution is -2.43. The quantitative estimate of drug-likeness (QED) is 0.100. The van der Waals surface area contributed by atoms with Gasteiger partial charge in [0.25, 0.3) is 10.0 Å². The summed E-state index contributed by atoms with van der Waals surface area (Å²) in [7, 11) is -3.74. The number of β-amino-alcohol motifs (C(OH)–C–C–N with tert-alkyl or cyclic N) is 1. The fraction of sp³-hybridized carbons (Fsp3) is 0.361. The molecule has 5 rings (SSSR count). The van der Waals surface area contributed by atoms with Crippen molar-refractivity contribution < 1.29 is 60.4 Å². The molecule has 1 atom stereocenters. The second-order valence-electron chi connectivity index (χ2n) is 12.7. The van der Waals surface area contributed by atoms with E-state index in [1.807, 2.05) is 18.3 Å². The Morgan fingerprint density at radius 3 is 2.41 bits per heavy atom. The molecular formula is C36H41F3N4O10S. The highest BCUT2D eigenvalue weighted by atomic mass is 32.2. The molecule has 4 aromatic rings. The van der Waals surface area contributed by atoms with Crippen molar-refractivity contribution in [3.63, 3.8) is 0 Å². The molecule has 0 radical (unpaired) electrons. The third-order valence-electron chi connectivity index (χ3n) is 8.18. The molecule has 292 valence electrons. The monoisotopic (exact) mass is 778 g/mol. The number of aromatic nitrogens is 1. The summed E-state index contributed by atoms with van der Waals surface area (Å²) in [4.78, 5) is 34.6. The van der Waals surface area contributed by atoms with Crippen LogP contribution in [-0.2, 0) is 35.6 Å². The van der Waals surface area contributed by atoms with Gasteiger partial charge in [0.05, 0.1) is 24.2 Å². The molecule has 2 heterocycles. The van der Waals surface area contributed by atoms with Crippen LogP contribution in [0, 0.1) is 0 Å². The van der Waals surface area contributed by atoms with Crippen LogP contribution < -0.4 is 14.8 Å². The number of amides is 1. The molecule has 18 heteroatoms. The molecule has 1 aromatic heterocycles. The standard InChI is InChI=1S/C34H40N4O8S.C2HF3O2/c1-34(2,35-23-31(39)26-7-6-8-27(21-26)36-47(42,43)29-9-4-3-5-10-29)14-16-37-15-13-25-22-28(11-12-30(25)37)46-33(41)45-20-18-38-17-19-44-24-32(38)40;3-2(4,5)1(6)7/h3-13,15,21-22,31,35-36,39H,14,16-20,23-24H2,1-2H3;(H,6,7)/t31-;/m0./s1. The average molecular weight is 779 g/mol. The first-order valence-corrected chi connectivity index (χ1v) is 18.1. The first-order valence-electron chi connectivity index (χ1n) is 16.6. The Kier molecular flexibility index (Phi) is 14.0. The number of halogens is 3. The zero-order valence-electron chi connectivity index (χ0n) is 29.4. The van der Waals surface area contributed by atoms with Gasteiger partial charge in [-0.05, 0) is 74.4 Å². The summed E-state index contributed by atoms with van der Waals surface area (Å²) in [5, 5.41) is 22.4. The molecule has 1 saturated heterocycles. The molecule has 0 saturated carbocycles. The van der Waals surface area contributed by atoms with Crippen molar-refractivity contribution in [2.45, 2.75) is 49.5 Å². The number of carbonyl (C=O) groups is 3. The van der Waals surface area contributed by atoms with E-state index < -0.39 is 34.4 Å². The fourth-order valence-corrected chi connectivity index (χ4v) is 6.26. The van der Waals surface area contributed by atoms with E-state index in [0.29, 0.717) is 36.7 Å². The number of hydrogen-bond acceptors (Lipinski definition) is 10. The smallest absolute Gasteiger partial charge is 0.475 e. The number of carboxylic acid groups (broad SMARTS) is 1. The van der Waals surface area contributed by atoms with Crippen molar-refractivity contribution >= 4 is 44.6 Å². The molecule has 0 aliphatic carbocycles. The summed E-state index contributed by atoms with van der Waals surface area (Å²) in [6.45, 7) is 6.38. The van der Waals surface area contributed by atoms with Gasteiger partial charge in [-0.2, -0.15) is 13.2 Å². The minimum absolute atomic E-state index is 0.0344. The summed E-state index contributed by atoms with van der Waals surface area (Å²) in [5.74, 6) is -2.53. The minimum atomic E-state index is -5.08. The molecule has 4 N–H and O–H groups in total. The van der Waals surface area contributed by atoms with Gasteiger partial charge in [-0.1, -0.05) is 30.3 Å². The highest BCUT2D eigenvalue weighted by molar-refractivity contribution is 7.92. The Balaban J connectivity index is 0.000000845. The van der Waals surface area contributed by atoms with E-state index in [1.165, 1.54) is 12.1 Å². The number of alkyl halides is 3. The van der Waals surface area contributed by atoms with Crippen LogP contribution in [0.1, 0.15) is 31.9 Å². The number of sulfonamides is 1. The Hall–Kier alpha value is -5.17. The number of aliphatic hydroxyl groups is 1. The van der Waals surface area contributed by atoms with Gasteiger partial charge in [-0.15, -0.1) is 0 Å². The second-order valence-corrected chi connectivity index (χ2v) is 14.4. The average Bonchev–Trinajstić information content (AvgIpc) is 3.53. The van der Waals surface area contributed by atoms with Crippen LogP contribution in [-0.4, -0.2) is 97.3 Å². The largest absolute Gasteiger partial charge is 0.513 e. The molecule has 54 heavy (non-hydrogen) atoms. The topological polar surface area (TPSA) is 186 Å². The van der Waals surface area contributed by atoms with Crippen molar-refractivity contribution in [1.29, 1.82) is 0 Å². The molecule has 1 fully saturated rings. The van der Waals surface area contributed by atoms with Gasteiger partial charge in [0.1, 0.15) is 19.0 Å². The highest BCUT2D eigenvalue weighted by Gasteiger charge is 2.38. The van der Waals surface area contributed by atoms with E-state index in [0.717, 1.165) is 17.3 Å². The van der Waals surface area contributed by atoms with Crippen LogP contribution in [0.3, 0.4) is 0 Å². The number of nitrogens with one attached hydrogen (secondary N) is 2. The number of rotatable bonds is 14. The molecule has 0 unspecified atom stereocenters. The van der Waals surface area contributed by atoms with E-state index >= 15 is 0 Å². The maximum atomic E-state index is 12.7. The number of hydrogen-bond donors (Lipinski definition) is 4. The maximum absolute atomic E-state index is 12.7. The number of fused-ring (bicyclic) bond motifs is 1. The maximum Gasteiger partial charge on any atom is 0.513 e. The van der Waals surface area contributed by atoms with Gasteiger partial charge in [0.15, 0.2) is 0 Å². The number of aliphatic hydroxyl groups excluding tert-OH is 1. The SMILES string of the molecule is CC(C)(CCn1ccc2cc(OC(=O)OCCN3CCOCC3=O)ccc21)NC[C@H](O)c1cccc(NS(=O)(=O)c2ccccc2)c1.O=C(O)C(F)(F)F. The molecule has 1 amide bonds. The van der Waals surface area contributed by atoms with E-state index in [1.54, 1.807) is 59.5 Å². The fourth-order valence-electron chi connectivity index (χ4n) is 5.19. The number of aryl methyl sites for hydroxylation is 1. The van der Waals surface area contributed by atoms with Crippen LogP contribution in [0.5, 0.6) is 5.75 Å². The van der Waals surface area contributed by atoms with Crippen molar-refractivity contribution in [1.82, 2.24) is 14.8 Å². The lowest BCUT2D eigenvalue weighted by molar-refractivity contribution is -0.192. The number of carbonyl (C=O) groups excluding carboxylic acids is 2. The second kappa shape index (κ2) is 18.2. The molecule has 0 spiro atoms. The summed E-state index contributed by atoms with van der Waals surface area (Å²) >= 11 is 0. The van der Waals surface area contributed by atoms with Crippen molar-refractivity contribution in [2.75, 3.05) is 44.2 Å². The first kappa shape index (κ1) is 41.6. The van der Waals surface area contributed by atoms with E-state index in [2.05, 4.69) is 28.5 Å². The molecule has 3 aromatic carbocycles. The minimum Gasteiger partial charge on any atom is -0.475 e. The number of ether oxygens (including phenoxy) is 3. The number of carboxylic acids is 1. The van der Waals surface area contributed by atoms with Crippen molar-refractivity contribution in [3.8, 4) is 5.75 Å². The lowest BCUT2D eigenvalue weighted by atomic mass is 9.99. The van der Waals surface area contributed by atoms with Gasteiger partial charge in [-0.3, -0.25) is 9.52 Å². The van der Waals surface area contributed by atoms with E-state index in [9.17, 15) is 36.3 Å². The Morgan fingerprint density at radius 2 is 1.72 bits per heavy atom. The molecule has 1 aliphatic rings. The van der Waals surface area contributed by atoms with Crippen LogP contribution >= 0.6 is 0 Å².